The number of aryl methyl sites for hydroxylation is 1. The van der Waals surface area contributed by atoms with E-state index in [1.807, 2.05) is 6.92 Å². The van der Waals surface area contributed by atoms with Crippen molar-refractivity contribution >= 4 is 11.5 Å². The highest BCUT2D eigenvalue weighted by molar-refractivity contribution is 5.51. The van der Waals surface area contributed by atoms with Gasteiger partial charge < -0.3 is 10.6 Å². The van der Waals surface area contributed by atoms with Gasteiger partial charge in [-0.15, -0.1) is 0 Å². The predicted octanol–water partition coefficient (Wildman–Crippen LogP) is 2.84. The van der Waals surface area contributed by atoms with E-state index in [2.05, 4.69) is 23.0 Å². The fourth-order valence-electron chi connectivity index (χ4n) is 3.81. The molecule has 1 aromatic heterocycles. The highest BCUT2D eigenvalue weighted by Gasteiger charge is 2.39. The SMILES string of the molecule is Cc1cc(N(C)CC2CC3CCC2C3)ncc1N. The van der Waals surface area contributed by atoms with Crippen molar-refractivity contribution in [3.05, 3.63) is 17.8 Å². The Morgan fingerprint density at radius 3 is 2.83 bits per heavy atom. The molecule has 1 heterocycles. The molecule has 2 saturated carbocycles. The molecule has 3 nitrogen and oxygen atoms in total. The number of nitrogens with zero attached hydrogens (tertiary/aromatic N) is 2. The molecular weight excluding hydrogens is 222 g/mol. The fraction of sp³-hybridized carbons (Fsp3) is 0.667. The molecule has 0 spiro atoms. The van der Waals surface area contributed by atoms with Gasteiger partial charge in [0, 0.05) is 13.6 Å². The van der Waals surface area contributed by atoms with E-state index in [4.69, 9.17) is 5.73 Å². The van der Waals surface area contributed by atoms with Crippen molar-refractivity contribution in [2.45, 2.75) is 32.6 Å². The third kappa shape index (κ3) is 2.06. The number of nitrogen functional groups attached to an aromatic ring is 1. The summed E-state index contributed by atoms with van der Waals surface area (Å²) in [6, 6.07) is 2.10. The normalized spacial score (nSPS) is 29.8. The van der Waals surface area contributed by atoms with Crippen LogP contribution < -0.4 is 10.6 Å². The molecule has 18 heavy (non-hydrogen) atoms. The Labute approximate surface area is 109 Å². The molecule has 2 bridgehead atoms. The summed E-state index contributed by atoms with van der Waals surface area (Å²) in [5.41, 5.74) is 7.73. The molecular formula is C15H23N3. The van der Waals surface area contributed by atoms with Crippen LogP contribution in [-0.4, -0.2) is 18.6 Å². The van der Waals surface area contributed by atoms with Crippen molar-refractivity contribution in [1.82, 2.24) is 4.98 Å². The van der Waals surface area contributed by atoms with Gasteiger partial charge in [0.25, 0.3) is 0 Å². The van der Waals surface area contributed by atoms with Gasteiger partial charge >= 0.3 is 0 Å². The van der Waals surface area contributed by atoms with E-state index >= 15 is 0 Å². The number of anilines is 2. The summed E-state index contributed by atoms with van der Waals surface area (Å²) >= 11 is 0. The van der Waals surface area contributed by atoms with Crippen molar-refractivity contribution in [3.63, 3.8) is 0 Å². The Morgan fingerprint density at radius 1 is 1.39 bits per heavy atom. The molecule has 0 aliphatic heterocycles. The highest BCUT2D eigenvalue weighted by atomic mass is 15.2. The zero-order valence-corrected chi connectivity index (χ0v) is 11.4. The average Bonchev–Trinajstić information content (AvgIpc) is 2.94. The van der Waals surface area contributed by atoms with Crippen LogP contribution in [0.1, 0.15) is 31.2 Å². The smallest absolute Gasteiger partial charge is 0.128 e. The monoisotopic (exact) mass is 245 g/mol. The van der Waals surface area contributed by atoms with Crippen LogP contribution >= 0.6 is 0 Å². The number of aromatic nitrogens is 1. The van der Waals surface area contributed by atoms with E-state index in [-0.39, 0.29) is 0 Å². The number of rotatable bonds is 3. The van der Waals surface area contributed by atoms with Gasteiger partial charge in [0.05, 0.1) is 11.9 Å². The molecule has 98 valence electrons. The number of hydrogen-bond donors (Lipinski definition) is 1. The second-order valence-corrected chi connectivity index (χ2v) is 6.21. The van der Waals surface area contributed by atoms with E-state index in [0.717, 1.165) is 41.4 Å². The Bertz CT molecular complexity index is 443. The molecule has 0 amide bonds. The topological polar surface area (TPSA) is 42.2 Å². The predicted molar refractivity (Wildman–Crippen MR) is 75.6 cm³/mol. The van der Waals surface area contributed by atoms with Gasteiger partial charge in [-0.1, -0.05) is 6.42 Å². The van der Waals surface area contributed by atoms with E-state index in [1.54, 1.807) is 6.20 Å². The first-order valence-corrected chi connectivity index (χ1v) is 7.06. The molecule has 3 rings (SSSR count). The van der Waals surface area contributed by atoms with Crippen molar-refractivity contribution in [2.75, 3.05) is 24.2 Å². The molecule has 0 aromatic carbocycles. The van der Waals surface area contributed by atoms with Crippen LogP contribution in [0.2, 0.25) is 0 Å². The Kier molecular flexibility index (Phi) is 2.92. The molecule has 0 radical (unpaired) electrons. The molecule has 2 N–H and O–H groups in total. The second kappa shape index (κ2) is 4.45. The van der Waals surface area contributed by atoms with Gasteiger partial charge in [-0.3, -0.25) is 0 Å². The summed E-state index contributed by atoms with van der Waals surface area (Å²) in [5.74, 6) is 3.94. The second-order valence-electron chi connectivity index (χ2n) is 6.21. The summed E-state index contributed by atoms with van der Waals surface area (Å²) in [6.07, 6.45) is 7.62. The maximum absolute atomic E-state index is 5.82. The summed E-state index contributed by atoms with van der Waals surface area (Å²) < 4.78 is 0. The van der Waals surface area contributed by atoms with Crippen LogP contribution in [0.25, 0.3) is 0 Å². The fourth-order valence-corrected chi connectivity index (χ4v) is 3.81. The molecule has 2 aliphatic rings. The van der Waals surface area contributed by atoms with E-state index < -0.39 is 0 Å². The summed E-state index contributed by atoms with van der Waals surface area (Å²) in [5, 5.41) is 0. The molecule has 3 atom stereocenters. The lowest BCUT2D eigenvalue weighted by Crippen LogP contribution is -2.29. The third-order valence-electron chi connectivity index (χ3n) is 4.92. The minimum Gasteiger partial charge on any atom is -0.397 e. The number of pyridine rings is 1. The zero-order chi connectivity index (χ0) is 12.7. The lowest BCUT2D eigenvalue weighted by atomic mass is 9.88. The first-order chi connectivity index (χ1) is 8.63. The van der Waals surface area contributed by atoms with Crippen molar-refractivity contribution < 1.29 is 0 Å². The van der Waals surface area contributed by atoms with Crippen LogP contribution in [0, 0.1) is 24.7 Å². The van der Waals surface area contributed by atoms with Crippen molar-refractivity contribution in [1.29, 1.82) is 0 Å². The molecule has 3 heteroatoms. The number of fused-ring (bicyclic) bond motifs is 2. The zero-order valence-electron chi connectivity index (χ0n) is 11.4. The van der Waals surface area contributed by atoms with Crippen molar-refractivity contribution in [2.24, 2.45) is 17.8 Å². The summed E-state index contributed by atoms with van der Waals surface area (Å²) in [4.78, 5) is 6.75. The molecule has 3 unspecified atom stereocenters. The summed E-state index contributed by atoms with van der Waals surface area (Å²) in [7, 11) is 2.16. The van der Waals surface area contributed by atoms with Crippen LogP contribution in [-0.2, 0) is 0 Å². The minimum absolute atomic E-state index is 0.784. The van der Waals surface area contributed by atoms with Gasteiger partial charge in [-0.05, 0) is 55.6 Å². The first-order valence-electron chi connectivity index (χ1n) is 7.06. The molecule has 2 aliphatic carbocycles. The maximum Gasteiger partial charge on any atom is 0.128 e. The van der Waals surface area contributed by atoms with Gasteiger partial charge in [-0.2, -0.15) is 0 Å². The van der Waals surface area contributed by atoms with Crippen LogP contribution in [0.4, 0.5) is 11.5 Å². The van der Waals surface area contributed by atoms with Crippen molar-refractivity contribution in [3.8, 4) is 0 Å². The Hall–Kier alpha value is -1.25. The number of hydrogen-bond acceptors (Lipinski definition) is 3. The quantitative estimate of drug-likeness (QED) is 0.890. The number of nitrogens with two attached hydrogens (primary N) is 1. The largest absolute Gasteiger partial charge is 0.397 e. The standard InChI is InChI=1S/C15H23N3/c1-10-5-15(17-8-14(10)16)18(2)9-13-7-11-3-4-12(13)6-11/h5,8,11-13H,3-4,6-7,9,16H2,1-2H3. The summed E-state index contributed by atoms with van der Waals surface area (Å²) in [6.45, 7) is 3.20. The first kappa shape index (κ1) is 11.8. The lowest BCUT2D eigenvalue weighted by Gasteiger charge is -2.28. The molecule has 0 saturated heterocycles. The lowest BCUT2D eigenvalue weighted by molar-refractivity contribution is 0.337. The van der Waals surface area contributed by atoms with Gasteiger partial charge in [0.2, 0.25) is 0 Å². The van der Waals surface area contributed by atoms with Gasteiger partial charge in [-0.25, -0.2) is 4.98 Å². The van der Waals surface area contributed by atoms with E-state index in [0.29, 0.717) is 0 Å². The maximum atomic E-state index is 5.82. The van der Waals surface area contributed by atoms with Crippen LogP contribution in [0.5, 0.6) is 0 Å². The van der Waals surface area contributed by atoms with E-state index in [9.17, 15) is 0 Å². The Balaban J connectivity index is 1.67. The highest BCUT2D eigenvalue weighted by Crippen LogP contribution is 2.48. The minimum atomic E-state index is 0.784. The Morgan fingerprint density at radius 2 is 2.22 bits per heavy atom. The van der Waals surface area contributed by atoms with Gasteiger partial charge in [0.1, 0.15) is 5.82 Å². The van der Waals surface area contributed by atoms with E-state index in [1.165, 1.54) is 25.7 Å². The molecule has 1 aromatic rings. The third-order valence-corrected chi connectivity index (χ3v) is 4.92. The van der Waals surface area contributed by atoms with Crippen LogP contribution in [0.3, 0.4) is 0 Å². The van der Waals surface area contributed by atoms with Crippen LogP contribution in [0.15, 0.2) is 12.3 Å². The molecule has 2 fully saturated rings. The average molecular weight is 245 g/mol. The van der Waals surface area contributed by atoms with Gasteiger partial charge in [0.15, 0.2) is 0 Å².